The van der Waals surface area contributed by atoms with Crippen molar-refractivity contribution in [3.8, 4) is 0 Å². The molecule has 0 spiro atoms. The Labute approximate surface area is 145 Å². The first-order valence-corrected chi connectivity index (χ1v) is 10.5. The topological polar surface area (TPSA) is 101 Å². The summed E-state index contributed by atoms with van der Waals surface area (Å²) in [7, 11) is -9.22. The molecule has 0 aliphatic carbocycles. The highest BCUT2D eigenvalue weighted by molar-refractivity contribution is 8.33. The van der Waals surface area contributed by atoms with Gasteiger partial charge in [0.15, 0.2) is 5.78 Å². The van der Waals surface area contributed by atoms with Crippen molar-refractivity contribution >= 4 is 26.2 Å². The van der Waals surface area contributed by atoms with E-state index in [4.69, 9.17) is 10.2 Å². The molecule has 0 heterocycles. The standard InChI is InChI=1S/C14H19F3O6S2/c1-11-2-4-12(5-3-11)13(20)10-24(8-6-18,9-7-19)23-25(21,22)14(15,16)17/h2-5,18-19H,6-10H2,1H3. The number of hydrogen-bond donors (Lipinski definition) is 2. The Morgan fingerprint density at radius 1 is 1.08 bits per heavy atom. The van der Waals surface area contributed by atoms with Crippen LogP contribution in [-0.4, -0.2) is 60.4 Å². The lowest BCUT2D eigenvalue weighted by atomic mass is 10.1. The molecule has 0 unspecified atom stereocenters. The molecule has 1 rings (SSSR count). The van der Waals surface area contributed by atoms with Crippen molar-refractivity contribution < 1.29 is 40.2 Å². The van der Waals surface area contributed by atoms with Crippen LogP contribution in [0.25, 0.3) is 0 Å². The van der Waals surface area contributed by atoms with Gasteiger partial charge in [0.05, 0.1) is 19.0 Å². The van der Waals surface area contributed by atoms with Gasteiger partial charge in [0.25, 0.3) is 0 Å². The lowest BCUT2D eigenvalue weighted by Crippen LogP contribution is -2.33. The first-order chi connectivity index (χ1) is 11.5. The van der Waals surface area contributed by atoms with Gasteiger partial charge in [0, 0.05) is 17.1 Å². The number of ketones is 1. The van der Waals surface area contributed by atoms with Crippen molar-refractivity contribution in [2.45, 2.75) is 12.4 Å². The smallest absolute Gasteiger partial charge is 0.395 e. The third-order valence-electron chi connectivity index (χ3n) is 3.21. The van der Waals surface area contributed by atoms with Crippen molar-refractivity contribution in [2.24, 2.45) is 0 Å². The van der Waals surface area contributed by atoms with Crippen molar-refractivity contribution in [3.63, 3.8) is 0 Å². The Balaban J connectivity index is 3.18. The minimum atomic E-state index is -5.97. The van der Waals surface area contributed by atoms with Crippen LogP contribution in [0.1, 0.15) is 15.9 Å². The van der Waals surface area contributed by atoms with Gasteiger partial charge >= 0.3 is 15.6 Å². The summed E-state index contributed by atoms with van der Waals surface area (Å²) in [4.78, 5) is 12.4. The van der Waals surface area contributed by atoms with E-state index in [2.05, 4.69) is 3.63 Å². The molecule has 6 nitrogen and oxygen atoms in total. The number of carbonyl (C=O) groups is 1. The first kappa shape index (κ1) is 21.9. The van der Waals surface area contributed by atoms with Gasteiger partial charge in [0.1, 0.15) is 0 Å². The Hall–Kier alpha value is -1.14. The Bertz CT molecular complexity index is 680. The van der Waals surface area contributed by atoms with Crippen LogP contribution in [0, 0.1) is 6.92 Å². The van der Waals surface area contributed by atoms with Gasteiger partial charge in [-0.2, -0.15) is 21.6 Å². The van der Waals surface area contributed by atoms with E-state index < -0.39 is 62.2 Å². The number of benzene rings is 1. The van der Waals surface area contributed by atoms with E-state index in [0.29, 0.717) is 0 Å². The maximum atomic E-state index is 12.6. The minimum absolute atomic E-state index is 0.173. The summed E-state index contributed by atoms with van der Waals surface area (Å²) in [6.07, 6.45) is 0. The fraction of sp³-hybridized carbons (Fsp3) is 0.500. The highest BCUT2D eigenvalue weighted by Crippen LogP contribution is 2.52. The summed E-state index contributed by atoms with van der Waals surface area (Å²) < 4.78 is 65.1. The molecule has 144 valence electrons. The summed E-state index contributed by atoms with van der Waals surface area (Å²) >= 11 is 0. The van der Waals surface area contributed by atoms with Gasteiger partial charge in [0.2, 0.25) is 0 Å². The average Bonchev–Trinajstić information content (AvgIpc) is 2.46. The summed E-state index contributed by atoms with van der Waals surface area (Å²) in [5, 5.41) is 18.2. The highest BCUT2D eigenvalue weighted by Gasteiger charge is 2.51. The minimum Gasteiger partial charge on any atom is -0.395 e. The van der Waals surface area contributed by atoms with Crippen LogP contribution in [0.3, 0.4) is 0 Å². The number of alkyl halides is 3. The molecular formula is C14H19F3O6S2. The molecule has 0 aliphatic rings. The van der Waals surface area contributed by atoms with E-state index in [1.54, 1.807) is 19.1 Å². The second-order valence-corrected chi connectivity index (χ2v) is 10.2. The van der Waals surface area contributed by atoms with Crippen LogP contribution in [0.2, 0.25) is 0 Å². The molecule has 0 radical (unpaired) electrons. The van der Waals surface area contributed by atoms with Gasteiger partial charge in [-0.05, 0) is 6.92 Å². The maximum Gasteiger partial charge on any atom is 0.523 e. The van der Waals surface area contributed by atoms with Crippen molar-refractivity contribution in [1.29, 1.82) is 0 Å². The normalized spacial score (nSPS) is 13.7. The molecular weight excluding hydrogens is 385 g/mol. The van der Waals surface area contributed by atoms with Gasteiger partial charge < -0.3 is 10.2 Å². The molecule has 0 fully saturated rings. The average molecular weight is 404 g/mol. The van der Waals surface area contributed by atoms with Crippen LogP contribution in [0.5, 0.6) is 0 Å². The number of carbonyl (C=O) groups excluding carboxylic acids is 1. The zero-order chi connectivity index (χ0) is 19.3. The zero-order valence-electron chi connectivity index (χ0n) is 13.3. The first-order valence-electron chi connectivity index (χ1n) is 7.07. The number of aliphatic hydroxyl groups excluding tert-OH is 2. The lowest BCUT2D eigenvalue weighted by molar-refractivity contribution is -0.0496. The van der Waals surface area contributed by atoms with E-state index in [0.717, 1.165) is 5.56 Å². The Morgan fingerprint density at radius 2 is 1.56 bits per heavy atom. The van der Waals surface area contributed by atoms with Crippen LogP contribution >= 0.6 is 10.3 Å². The van der Waals surface area contributed by atoms with Gasteiger partial charge in [-0.1, -0.05) is 29.8 Å². The molecule has 1 aromatic rings. The number of hydrogen-bond acceptors (Lipinski definition) is 6. The van der Waals surface area contributed by atoms with Crippen LogP contribution < -0.4 is 0 Å². The zero-order valence-corrected chi connectivity index (χ0v) is 15.0. The predicted octanol–water partition coefficient (Wildman–Crippen LogP) is 1.75. The molecule has 0 atom stereocenters. The Morgan fingerprint density at radius 3 is 1.96 bits per heavy atom. The highest BCUT2D eigenvalue weighted by atomic mass is 32.3. The van der Waals surface area contributed by atoms with E-state index in [1.807, 2.05) is 0 Å². The maximum absolute atomic E-state index is 12.6. The number of aryl methyl sites for hydroxylation is 1. The molecule has 0 amide bonds. The third-order valence-corrected chi connectivity index (χ3v) is 8.29. The number of rotatable bonds is 9. The monoisotopic (exact) mass is 404 g/mol. The molecule has 0 saturated carbocycles. The van der Waals surface area contributed by atoms with Crippen molar-refractivity contribution in [1.82, 2.24) is 0 Å². The molecule has 0 aliphatic heterocycles. The molecule has 1 aromatic carbocycles. The van der Waals surface area contributed by atoms with E-state index in [9.17, 15) is 26.4 Å². The number of halogens is 3. The van der Waals surface area contributed by atoms with E-state index in [1.165, 1.54) is 12.1 Å². The van der Waals surface area contributed by atoms with Gasteiger partial charge in [-0.15, -0.1) is 10.3 Å². The summed E-state index contributed by atoms with van der Waals surface area (Å²) in [5.41, 5.74) is -4.63. The van der Waals surface area contributed by atoms with Crippen molar-refractivity contribution in [2.75, 3.05) is 30.5 Å². The molecule has 0 bridgehead atoms. The fourth-order valence-electron chi connectivity index (χ4n) is 1.96. The number of Topliss-reactive ketones (excluding diaryl/α,β-unsaturated/α-hetero) is 1. The summed E-state index contributed by atoms with van der Waals surface area (Å²) in [6.45, 7) is 0.397. The van der Waals surface area contributed by atoms with Gasteiger partial charge in [-0.3, -0.25) is 4.79 Å². The Kier molecular flexibility index (Phi) is 7.44. The molecule has 0 aromatic heterocycles. The van der Waals surface area contributed by atoms with Crippen molar-refractivity contribution in [3.05, 3.63) is 35.4 Å². The van der Waals surface area contributed by atoms with Crippen LogP contribution in [0.4, 0.5) is 13.2 Å². The summed E-state index contributed by atoms with van der Waals surface area (Å²) in [6, 6.07) is 6.15. The quantitative estimate of drug-likeness (QED) is 0.480. The largest absolute Gasteiger partial charge is 0.523 e. The molecule has 11 heteroatoms. The van der Waals surface area contributed by atoms with Gasteiger partial charge in [-0.25, -0.2) is 3.63 Å². The molecule has 2 N–H and O–H groups in total. The lowest BCUT2D eigenvalue weighted by Gasteiger charge is -2.37. The van der Waals surface area contributed by atoms with E-state index >= 15 is 0 Å². The predicted molar refractivity (Wildman–Crippen MR) is 87.9 cm³/mol. The van der Waals surface area contributed by atoms with Crippen LogP contribution in [-0.2, 0) is 13.7 Å². The molecule has 25 heavy (non-hydrogen) atoms. The van der Waals surface area contributed by atoms with Crippen LogP contribution in [0.15, 0.2) is 24.3 Å². The third kappa shape index (κ3) is 5.96. The second kappa shape index (κ2) is 8.49. The SMILES string of the molecule is Cc1ccc(C(=O)CS(CCO)(CCO)OS(=O)(=O)C(F)(F)F)cc1. The second-order valence-electron chi connectivity index (χ2n) is 5.22. The van der Waals surface area contributed by atoms with E-state index in [-0.39, 0.29) is 5.56 Å². The summed E-state index contributed by atoms with van der Waals surface area (Å²) in [5.74, 6) is -2.26. The fourth-order valence-corrected chi connectivity index (χ4v) is 6.33. The molecule has 0 saturated heterocycles. The number of aliphatic hydroxyl groups is 2.